The topological polar surface area (TPSA) is 102 Å². The Hall–Kier alpha value is -2.88. The third-order valence-corrected chi connectivity index (χ3v) is 8.46. The number of nitrogens with zero attached hydrogens (tertiary/aromatic N) is 2. The van der Waals surface area contributed by atoms with Crippen LogP contribution in [0.4, 0.5) is 0 Å². The molecule has 4 heterocycles. The minimum atomic E-state index is -4.59. The minimum Gasteiger partial charge on any atom is -0.369 e. The molecule has 9 heteroatoms. The van der Waals surface area contributed by atoms with Crippen LogP contribution in [-0.4, -0.2) is 67.4 Å². The second-order valence-electron chi connectivity index (χ2n) is 9.92. The first-order chi connectivity index (χ1) is 17.4. The molecule has 8 nitrogen and oxygen atoms in total. The Morgan fingerprint density at radius 3 is 2.69 bits per heavy atom. The van der Waals surface area contributed by atoms with E-state index in [1.165, 1.54) is 5.56 Å². The molecule has 1 amide bonds. The zero-order valence-corrected chi connectivity index (χ0v) is 21.2. The Labute approximate surface area is 213 Å². The van der Waals surface area contributed by atoms with Gasteiger partial charge in [-0.2, -0.15) is 8.42 Å². The number of likely N-dealkylation sites (tertiary alicyclic amines) is 1. The number of carbonyl (C=O) groups excluding carboxylic acids is 1. The van der Waals surface area contributed by atoms with Crippen molar-refractivity contribution in [3.63, 3.8) is 0 Å². The van der Waals surface area contributed by atoms with Gasteiger partial charge in [-0.3, -0.25) is 9.35 Å². The first kappa shape index (κ1) is 24.8. The van der Waals surface area contributed by atoms with Gasteiger partial charge in [0, 0.05) is 13.1 Å². The Bertz CT molecular complexity index is 1210. The molecule has 0 spiro atoms. The highest BCUT2D eigenvalue weighted by Crippen LogP contribution is 2.37. The number of benzene rings is 1. The second kappa shape index (κ2) is 10.6. The summed E-state index contributed by atoms with van der Waals surface area (Å²) in [5, 5.41) is 6.13. The first-order valence-electron chi connectivity index (χ1n) is 12.8. The van der Waals surface area contributed by atoms with Crippen molar-refractivity contribution < 1.29 is 17.8 Å². The summed E-state index contributed by atoms with van der Waals surface area (Å²) >= 11 is 0. The smallest absolute Gasteiger partial charge is 0.297 e. The molecule has 1 aromatic rings. The summed E-state index contributed by atoms with van der Waals surface area (Å²) in [6.07, 6.45) is 12.2. The fourth-order valence-electron chi connectivity index (χ4n) is 5.63. The molecule has 2 saturated heterocycles. The van der Waals surface area contributed by atoms with Crippen molar-refractivity contribution in [2.45, 2.75) is 38.1 Å². The molecule has 0 bridgehead atoms. The van der Waals surface area contributed by atoms with E-state index in [4.69, 9.17) is 0 Å². The molecule has 3 N–H and O–H groups in total. The third-order valence-electron chi connectivity index (χ3n) is 7.52. The largest absolute Gasteiger partial charge is 0.369 e. The van der Waals surface area contributed by atoms with E-state index >= 15 is 0 Å². The fourth-order valence-corrected chi connectivity index (χ4v) is 6.50. The van der Waals surface area contributed by atoms with Crippen molar-refractivity contribution in [3.8, 4) is 0 Å². The maximum absolute atomic E-state index is 13.1. The summed E-state index contributed by atoms with van der Waals surface area (Å²) in [6, 6.07) is 10.4. The van der Waals surface area contributed by atoms with Crippen molar-refractivity contribution in [1.82, 2.24) is 20.4 Å². The van der Waals surface area contributed by atoms with Gasteiger partial charge in [0.2, 0.25) is 0 Å². The molecule has 5 rings (SSSR count). The summed E-state index contributed by atoms with van der Waals surface area (Å²) in [6.45, 7) is 4.31. The highest BCUT2D eigenvalue weighted by Gasteiger charge is 2.41. The molecule has 36 heavy (non-hydrogen) atoms. The lowest BCUT2D eigenvalue weighted by atomic mass is 9.93. The van der Waals surface area contributed by atoms with Crippen LogP contribution in [0.15, 0.2) is 76.6 Å². The standard InChI is InChI=1S/C27H34N4O4S/c32-27(23-18-22-19-29-25-10-4-9-24(31(22)25)26(23)36(33,34)35)28-14-11-21-12-16-30(17-13-21)15-5-8-20-6-2-1-3-7-20/h1-4,6-7,9-10,18,21-22,29H,5,8,11-17,19H2,(H,28,32)(H,33,34,35). The average Bonchev–Trinajstić information content (AvgIpc) is 3.29. The third kappa shape index (κ3) is 5.43. The van der Waals surface area contributed by atoms with Gasteiger partial charge in [0.15, 0.2) is 0 Å². The lowest BCUT2D eigenvalue weighted by Crippen LogP contribution is -2.39. The molecule has 0 aromatic heterocycles. The molecule has 1 aromatic carbocycles. The van der Waals surface area contributed by atoms with Crippen molar-refractivity contribution in [2.24, 2.45) is 5.92 Å². The van der Waals surface area contributed by atoms with Crippen molar-refractivity contribution in [1.29, 1.82) is 0 Å². The second-order valence-corrected chi connectivity index (χ2v) is 11.3. The summed E-state index contributed by atoms with van der Waals surface area (Å²) < 4.78 is 34.5. The molecule has 2 fully saturated rings. The summed E-state index contributed by atoms with van der Waals surface area (Å²) in [7, 11) is -4.59. The zero-order valence-electron chi connectivity index (χ0n) is 20.4. The van der Waals surface area contributed by atoms with Crippen molar-refractivity contribution in [3.05, 3.63) is 82.2 Å². The van der Waals surface area contributed by atoms with Gasteiger partial charge in [-0.05, 0) is 81.4 Å². The summed E-state index contributed by atoms with van der Waals surface area (Å²) in [4.78, 5) is 17.1. The number of rotatable bonds is 9. The number of piperidine rings is 1. The van der Waals surface area contributed by atoms with Crippen LogP contribution in [0.2, 0.25) is 0 Å². The van der Waals surface area contributed by atoms with Gasteiger partial charge >= 0.3 is 0 Å². The molecule has 0 aliphatic carbocycles. The highest BCUT2D eigenvalue weighted by molar-refractivity contribution is 7.90. The van der Waals surface area contributed by atoms with Gasteiger partial charge < -0.3 is 20.4 Å². The van der Waals surface area contributed by atoms with E-state index in [9.17, 15) is 17.8 Å². The molecule has 0 saturated carbocycles. The lowest BCUT2D eigenvalue weighted by Gasteiger charge is -2.33. The van der Waals surface area contributed by atoms with E-state index in [0.29, 0.717) is 24.7 Å². The van der Waals surface area contributed by atoms with Crippen LogP contribution < -0.4 is 10.6 Å². The number of hydrogen-bond acceptors (Lipinski definition) is 6. The molecule has 1 unspecified atom stereocenters. The molecular formula is C27H34N4O4S. The van der Waals surface area contributed by atoms with E-state index in [2.05, 4.69) is 39.8 Å². The number of carbonyl (C=O) groups is 1. The van der Waals surface area contributed by atoms with Crippen molar-refractivity contribution >= 4 is 16.0 Å². The first-order valence-corrected chi connectivity index (χ1v) is 14.2. The Morgan fingerprint density at radius 2 is 1.94 bits per heavy atom. The average molecular weight is 511 g/mol. The maximum Gasteiger partial charge on any atom is 0.297 e. The van der Waals surface area contributed by atoms with Crippen molar-refractivity contribution in [2.75, 3.05) is 32.7 Å². The number of hydrogen-bond donors (Lipinski definition) is 3. The molecule has 1 atom stereocenters. The Balaban J connectivity index is 1.10. The Kier molecular flexibility index (Phi) is 7.32. The van der Waals surface area contributed by atoms with Crippen LogP contribution >= 0.6 is 0 Å². The Morgan fingerprint density at radius 1 is 1.17 bits per heavy atom. The maximum atomic E-state index is 13.1. The number of nitrogens with one attached hydrogen (secondary N) is 2. The van der Waals surface area contributed by atoms with Crippen LogP contribution in [0, 0.1) is 5.92 Å². The van der Waals surface area contributed by atoms with Gasteiger partial charge in [0.25, 0.3) is 16.0 Å². The van der Waals surface area contributed by atoms with E-state index < -0.39 is 16.0 Å². The molecule has 192 valence electrons. The molecular weight excluding hydrogens is 476 g/mol. The van der Waals surface area contributed by atoms with Gasteiger partial charge in [-0.25, -0.2) is 0 Å². The fraction of sp³-hybridized carbons (Fsp3) is 0.444. The number of aryl methyl sites for hydroxylation is 1. The summed E-state index contributed by atoms with van der Waals surface area (Å²) in [5.74, 6) is 0.851. The van der Waals surface area contributed by atoms with Crippen LogP contribution in [0.5, 0.6) is 0 Å². The predicted octanol–water partition coefficient (Wildman–Crippen LogP) is 2.56. The van der Waals surface area contributed by atoms with Crippen LogP contribution in [0.3, 0.4) is 0 Å². The van der Waals surface area contributed by atoms with E-state index in [0.717, 1.165) is 57.6 Å². The zero-order chi connectivity index (χ0) is 25.1. The SMILES string of the molecule is O=C(NCCC1CCN(CCCc2ccccc2)CC1)C1=CC2CNC3=CC=CC(=C1S(=O)(=O)O)N32. The lowest BCUT2D eigenvalue weighted by molar-refractivity contribution is -0.117. The number of allylic oxidation sites excluding steroid dienone is 3. The van der Waals surface area contributed by atoms with Crippen LogP contribution in [0.1, 0.15) is 31.2 Å². The minimum absolute atomic E-state index is 0.0246. The van der Waals surface area contributed by atoms with Crippen LogP contribution in [-0.2, 0) is 21.3 Å². The van der Waals surface area contributed by atoms with E-state index in [1.54, 1.807) is 18.2 Å². The molecule has 4 aliphatic rings. The highest BCUT2D eigenvalue weighted by atomic mass is 32.2. The van der Waals surface area contributed by atoms with E-state index in [-0.39, 0.29) is 16.5 Å². The summed E-state index contributed by atoms with van der Waals surface area (Å²) in [5.41, 5.74) is 1.74. The molecule has 0 radical (unpaired) electrons. The quantitative estimate of drug-likeness (QED) is 0.439. The normalized spacial score (nSPS) is 22.1. The van der Waals surface area contributed by atoms with E-state index in [1.807, 2.05) is 17.0 Å². The van der Waals surface area contributed by atoms with Gasteiger partial charge in [-0.15, -0.1) is 0 Å². The van der Waals surface area contributed by atoms with Gasteiger partial charge in [0.1, 0.15) is 10.7 Å². The monoisotopic (exact) mass is 510 g/mol. The molecule has 4 aliphatic heterocycles. The van der Waals surface area contributed by atoms with Gasteiger partial charge in [-0.1, -0.05) is 36.4 Å². The van der Waals surface area contributed by atoms with Gasteiger partial charge in [0.05, 0.1) is 17.3 Å². The number of amides is 1. The van der Waals surface area contributed by atoms with Crippen LogP contribution in [0.25, 0.3) is 0 Å². The predicted molar refractivity (Wildman–Crippen MR) is 139 cm³/mol.